The number of nitrogens with one attached hydrogen (secondary N) is 1. The Morgan fingerprint density at radius 2 is 1.97 bits per heavy atom. The second-order valence-electron chi connectivity index (χ2n) is 6.53. The zero-order valence-corrected chi connectivity index (χ0v) is 16.8. The standard InChI is InChI=1S/C20H20FN3O4S/c1-12-13(2)29-19-18(12)20(27)24(11-23-19)9-17(26)28-10-16(25)22-8-7-14-3-5-15(21)6-4-14/h3-6,11H,7-10H2,1-2H3,(H,22,25). The zero-order valence-electron chi connectivity index (χ0n) is 16.0. The van der Waals surface area contributed by atoms with Gasteiger partial charge in [-0.3, -0.25) is 19.0 Å². The molecule has 152 valence electrons. The number of carbonyl (C=O) groups excluding carboxylic acids is 2. The summed E-state index contributed by atoms with van der Waals surface area (Å²) in [5.74, 6) is -1.47. The molecule has 0 spiro atoms. The highest BCUT2D eigenvalue weighted by molar-refractivity contribution is 7.18. The molecule has 0 atom stereocenters. The van der Waals surface area contributed by atoms with Gasteiger partial charge in [0, 0.05) is 11.4 Å². The smallest absolute Gasteiger partial charge is 0.326 e. The van der Waals surface area contributed by atoms with Crippen LogP contribution in [-0.4, -0.2) is 34.6 Å². The van der Waals surface area contributed by atoms with Crippen molar-refractivity contribution in [1.29, 1.82) is 0 Å². The van der Waals surface area contributed by atoms with Crippen molar-refractivity contribution in [2.24, 2.45) is 0 Å². The fourth-order valence-electron chi connectivity index (χ4n) is 2.76. The number of amides is 1. The Hall–Kier alpha value is -3.07. The third-order valence-corrected chi connectivity index (χ3v) is 5.58. The lowest BCUT2D eigenvalue weighted by molar-refractivity contribution is -0.149. The van der Waals surface area contributed by atoms with Crippen molar-refractivity contribution in [2.45, 2.75) is 26.8 Å². The molecule has 0 aliphatic carbocycles. The molecule has 1 N–H and O–H groups in total. The number of hydrogen-bond donors (Lipinski definition) is 1. The number of hydrogen-bond acceptors (Lipinski definition) is 6. The van der Waals surface area contributed by atoms with Crippen molar-refractivity contribution in [3.63, 3.8) is 0 Å². The lowest BCUT2D eigenvalue weighted by Crippen LogP contribution is -2.32. The molecule has 0 aliphatic heterocycles. The molecule has 3 aromatic rings. The number of carbonyl (C=O) groups is 2. The van der Waals surface area contributed by atoms with Crippen molar-refractivity contribution in [3.8, 4) is 0 Å². The maximum absolute atomic E-state index is 12.8. The first-order valence-corrected chi connectivity index (χ1v) is 9.78. The van der Waals surface area contributed by atoms with Gasteiger partial charge in [0.25, 0.3) is 11.5 Å². The fourth-order valence-corrected chi connectivity index (χ4v) is 3.75. The van der Waals surface area contributed by atoms with E-state index in [-0.39, 0.29) is 17.9 Å². The minimum absolute atomic E-state index is 0.308. The summed E-state index contributed by atoms with van der Waals surface area (Å²) in [5.41, 5.74) is 1.42. The van der Waals surface area contributed by atoms with Gasteiger partial charge < -0.3 is 10.1 Å². The largest absolute Gasteiger partial charge is 0.454 e. The van der Waals surface area contributed by atoms with Crippen molar-refractivity contribution in [1.82, 2.24) is 14.9 Å². The summed E-state index contributed by atoms with van der Waals surface area (Å²) in [6.07, 6.45) is 1.84. The van der Waals surface area contributed by atoms with Crippen LogP contribution < -0.4 is 10.9 Å². The molecule has 1 amide bonds. The van der Waals surface area contributed by atoms with Gasteiger partial charge in [0.2, 0.25) is 0 Å². The van der Waals surface area contributed by atoms with Gasteiger partial charge in [0.15, 0.2) is 6.61 Å². The lowest BCUT2D eigenvalue weighted by Gasteiger charge is -2.08. The van der Waals surface area contributed by atoms with Crippen LogP contribution in [0.1, 0.15) is 16.0 Å². The number of fused-ring (bicyclic) bond motifs is 1. The molecule has 2 aromatic heterocycles. The molecule has 0 unspecified atom stereocenters. The molecule has 0 radical (unpaired) electrons. The Bertz CT molecular complexity index is 1110. The normalized spacial score (nSPS) is 10.9. The van der Waals surface area contributed by atoms with Crippen molar-refractivity contribution in [3.05, 3.63) is 62.8 Å². The maximum Gasteiger partial charge on any atom is 0.326 e. The van der Waals surface area contributed by atoms with Crippen molar-refractivity contribution in [2.75, 3.05) is 13.2 Å². The molecule has 7 nitrogen and oxygen atoms in total. The first kappa shape index (κ1) is 20.7. The number of aryl methyl sites for hydroxylation is 2. The molecule has 3 rings (SSSR count). The van der Waals surface area contributed by atoms with E-state index in [9.17, 15) is 18.8 Å². The van der Waals surface area contributed by atoms with Gasteiger partial charge in [-0.1, -0.05) is 12.1 Å². The Kier molecular flexibility index (Phi) is 6.38. The minimum Gasteiger partial charge on any atom is -0.454 e. The van der Waals surface area contributed by atoms with Crippen LogP contribution in [0.25, 0.3) is 10.2 Å². The quantitative estimate of drug-likeness (QED) is 0.595. The SMILES string of the molecule is Cc1sc2ncn(CC(=O)OCC(=O)NCCc3ccc(F)cc3)c(=O)c2c1C. The van der Waals surface area contributed by atoms with Gasteiger partial charge in [-0.2, -0.15) is 0 Å². The molecule has 9 heteroatoms. The van der Waals surface area contributed by atoms with E-state index in [4.69, 9.17) is 4.74 Å². The third-order valence-electron chi connectivity index (χ3n) is 4.47. The Morgan fingerprint density at radius 3 is 2.69 bits per heavy atom. The fraction of sp³-hybridized carbons (Fsp3) is 0.300. The molecule has 29 heavy (non-hydrogen) atoms. The number of nitrogens with zero attached hydrogens (tertiary/aromatic N) is 2. The Balaban J connectivity index is 1.48. The number of aromatic nitrogens is 2. The van der Waals surface area contributed by atoms with E-state index in [1.165, 1.54) is 34.4 Å². The van der Waals surface area contributed by atoms with E-state index >= 15 is 0 Å². The van der Waals surface area contributed by atoms with Crippen LogP contribution in [-0.2, 0) is 27.3 Å². The van der Waals surface area contributed by atoms with Crippen LogP contribution in [0.5, 0.6) is 0 Å². The Morgan fingerprint density at radius 1 is 1.24 bits per heavy atom. The van der Waals surface area contributed by atoms with Crippen LogP contribution in [0.3, 0.4) is 0 Å². The van der Waals surface area contributed by atoms with Gasteiger partial charge in [-0.25, -0.2) is 9.37 Å². The molecule has 0 fully saturated rings. The second-order valence-corrected chi connectivity index (χ2v) is 7.73. The number of ether oxygens (including phenoxy) is 1. The second kappa shape index (κ2) is 8.95. The molecule has 1 aromatic carbocycles. The first-order valence-electron chi connectivity index (χ1n) is 8.97. The van der Waals surface area contributed by atoms with Gasteiger partial charge in [0.1, 0.15) is 17.2 Å². The number of rotatable bonds is 7. The predicted molar refractivity (Wildman–Crippen MR) is 107 cm³/mol. The highest BCUT2D eigenvalue weighted by Gasteiger charge is 2.15. The van der Waals surface area contributed by atoms with Crippen molar-refractivity contribution >= 4 is 33.4 Å². The summed E-state index contributed by atoms with van der Waals surface area (Å²) in [7, 11) is 0. The van der Waals surface area contributed by atoms with E-state index in [1.807, 2.05) is 13.8 Å². The Labute approximate surface area is 170 Å². The molecule has 0 bridgehead atoms. The van der Waals surface area contributed by atoms with Crippen LogP contribution >= 0.6 is 11.3 Å². The van der Waals surface area contributed by atoms with E-state index < -0.39 is 18.5 Å². The summed E-state index contributed by atoms with van der Waals surface area (Å²) >= 11 is 1.43. The average Bonchev–Trinajstić information content (AvgIpc) is 2.98. The molecule has 0 aliphatic rings. The summed E-state index contributed by atoms with van der Waals surface area (Å²) in [5, 5.41) is 3.12. The van der Waals surface area contributed by atoms with E-state index in [2.05, 4.69) is 10.3 Å². The minimum atomic E-state index is -0.702. The van der Waals surface area contributed by atoms with Gasteiger partial charge in [-0.05, 0) is 43.5 Å². The molecular weight excluding hydrogens is 397 g/mol. The van der Waals surface area contributed by atoms with Gasteiger partial charge >= 0.3 is 5.97 Å². The average molecular weight is 417 g/mol. The summed E-state index contributed by atoms with van der Waals surface area (Å²) in [4.78, 5) is 42.2. The monoisotopic (exact) mass is 417 g/mol. The van der Waals surface area contributed by atoms with Crippen LogP contribution in [0.2, 0.25) is 0 Å². The van der Waals surface area contributed by atoms with Crippen LogP contribution in [0.15, 0.2) is 35.4 Å². The van der Waals surface area contributed by atoms with Crippen molar-refractivity contribution < 1.29 is 18.7 Å². The highest BCUT2D eigenvalue weighted by atomic mass is 32.1. The molecule has 0 saturated carbocycles. The van der Waals surface area contributed by atoms with Gasteiger partial charge in [0.05, 0.1) is 11.7 Å². The van der Waals surface area contributed by atoms with Crippen LogP contribution in [0.4, 0.5) is 4.39 Å². The summed E-state index contributed by atoms with van der Waals surface area (Å²) in [6.45, 7) is 3.33. The summed E-state index contributed by atoms with van der Waals surface area (Å²) < 4.78 is 19.0. The van der Waals surface area contributed by atoms with E-state index in [0.29, 0.717) is 23.2 Å². The number of thiophene rings is 1. The van der Waals surface area contributed by atoms with Crippen LogP contribution in [0, 0.1) is 19.7 Å². The molecule has 0 saturated heterocycles. The summed E-state index contributed by atoms with van der Waals surface area (Å²) in [6, 6.07) is 5.99. The number of benzene rings is 1. The maximum atomic E-state index is 12.8. The number of esters is 1. The first-order chi connectivity index (χ1) is 13.8. The van der Waals surface area contributed by atoms with E-state index in [1.54, 1.807) is 12.1 Å². The molecule has 2 heterocycles. The number of halogens is 1. The zero-order chi connectivity index (χ0) is 21.0. The lowest BCUT2D eigenvalue weighted by atomic mass is 10.1. The molecular formula is C20H20FN3O4S. The highest BCUT2D eigenvalue weighted by Crippen LogP contribution is 2.25. The topological polar surface area (TPSA) is 90.3 Å². The van der Waals surface area contributed by atoms with Gasteiger partial charge in [-0.15, -0.1) is 11.3 Å². The third kappa shape index (κ3) is 5.05. The van der Waals surface area contributed by atoms with E-state index in [0.717, 1.165) is 16.0 Å². The predicted octanol–water partition coefficient (Wildman–Crippen LogP) is 2.12.